The van der Waals surface area contributed by atoms with Gasteiger partial charge in [-0.25, -0.2) is 0 Å². The fraction of sp³-hybridized carbons (Fsp3) is 0.0625. The molecule has 3 aromatic rings. The van der Waals surface area contributed by atoms with Crippen molar-refractivity contribution in [2.24, 2.45) is 5.16 Å². The zero-order chi connectivity index (χ0) is 13.9. The molecule has 0 aliphatic rings. The lowest BCUT2D eigenvalue weighted by atomic mass is 10.1. The second-order valence-corrected chi connectivity index (χ2v) is 4.30. The molecule has 1 N–H and O–H groups in total. The highest BCUT2D eigenvalue weighted by molar-refractivity contribution is 6.12. The maximum Gasteiger partial charge on any atom is 0.176 e. The lowest BCUT2D eigenvalue weighted by Gasteiger charge is -2.01. The van der Waals surface area contributed by atoms with Crippen LogP contribution in [0.2, 0.25) is 0 Å². The van der Waals surface area contributed by atoms with Crippen LogP contribution >= 0.6 is 0 Å². The van der Waals surface area contributed by atoms with Crippen LogP contribution in [0, 0.1) is 0 Å². The maximum absolute atomic E-state index is 9.28. The topological polar surface area (TPSA) is 55.0 Å². The van der Waals surface area contributed by atoms with E-state index in [1.165, 1.54) is 0 Å². The van der Waals surface area contributed by atoms with Gasteiger partial charge in [0, 0.05) is 10.9 Å². The number of para-hydroxylation sites is 1. The minimum Gasteiger partial charge on any atom is -0.493 e. The van der Waals surface area contributed by atoms with Crippen molar-refractivity contribution in [3.05, 3.63) is 65.9 Å². The second kappa shape index (κ2) is 5.09. The number of methoxy groups -OCH3 is 1. The van der Waals surface area contributed by atoms with Crippen molar-refractivity contribution in [1.82, 2.24) is 0 Å². The van der Waals surface area contributed by atoms with Gasteiger partial charge in [-0.1, -0.05) is 47.6 Å². The summed E-state index contributed by atoms with van der Waals surface area (Å²) >= 11 is 0. The van der Waals surface area contributed by atoms with Gasteiger partial charge in [-0.3, -0.25) is 0 Å². The van der Waals surface area contributed by atoms with Crippen LogP contribution in [0.4, 0.5) is 0 Å². The summed E-state index contributed by atoms with van der Waals surface area (Å²) in [6, 6.07) is 16.9. The van der Waals surface area contributed by atoms with Crippen molar-refractivity contribution in [3.8, 4) is 5.75 Å². The normalized spacial score (nSPS) is 11.8. The number of hydrogen-bond acceptors (Lipinski definition) is 4. The highest BCUT2D eigenvalue weighted by Gasteiger charge is 2.15. The lowest BCUT2D eigenvalue weighted by molar-refractivity contribution is 0.318. The van der Waals surface area contributed by atoms with Crippen LogP contribution in [0.1, 0.15) is 11.3 Å². The van der Waals surface area contributed by atoms with Crippen LogP contribution in [0.3, 0.4) is 0 Å². The summed E-state index contributed by atoms with van der Waals surface area (Å²) in [4.78, 5) is 0. The minimum atomic E-state index is 0.392. The zero-order valence-corrected chi connectivity index (χ0v) is 10.9. The predicted molar refractivity (Wildman–Crippen MR) is 76.6 cm³/mol. The largest absolute Gasteiger partial charge is 0.493 e. The summed E-state index contributed by atoms with van der Waals surface area (Å²) in [5.41, 5.74) is 1.82. The molecule has 3 rings (SSSR count). The standard InChI is InChI=1S/C16H13NO3/c1-19-13-9-5-8-12-10-14(20-16(12)13)15(17-18)11-6-3-2-4-7-11/h2-10,18H,1H3/b17-15+. The van der Waals surface area contributed by atoms with E-state index >= 15 is 0 Å². The smallest absolute Gasteiger partial charge is 0.176 e. The maximum atomic E-state index is 9.28. The molecule has 4 nitrogen and oxygen atoms in total. The van der Waals surface area contributed by atoms with Crippen molar-refractivity contribution < 1.29 is 14.4 Å². The first-order valence-corrected chi connectivity index (χ1v) is 6.18. The summed E-state index contributed by atoms with van der Waals surface area (Å²) in [7, 11) is 1.59. The number of nitrogens with zero attached hydrogens (tertiary/aromatic N) is 1. The number of fused-ring (bicyclic) bond motifs is 1. The average molecular weight is 267 g/mol. The number of ether oxygens (including phenoxy) is 1. The summed E-state index contributed by atoms with van der Waals surface area (Å²) < 4.78 is 11.0. The number of oxime groups is 1. The van der Waals surface area contributed by atoms with Crippen LogP contribution in [-0.2, 0) is 0 Å². The molecule has 0 saturated heterocycles. The van der Waals surface area contributed by atoms with Crippen LogP contribution in [0.5, 0.6) is 5.75 Å². The first-order valence-electron chi connectivity index (χ1n) is 6.18. The number of furan rings is 1. The molecular formula is C16H13NO3. The molecule has 4 heteroatoms. The third-order valence-corrected chi connectivity index (χ3v) is 3.11. The van der Waals surface area contributed by atoms with Crippen LogP contribution in [-0.4, -0.2) is 18.0 Å². The molecule has 0 saturated carbocycles. The lowest BCUT2D eigenvalue weighted by Crippen LogP contribution is -2.01. The molecule has 0 atom stereocenters. The fourth-order valence-electron chi connectivity index (χ4n) is 2.16. The van der Waals surface area contributed by atoms with Crippen molar-refractivity contribution in [1.29, 1.82) is 0 Å². The van der Waals surface area contributed by atoms with Gasteiger partial charge in [0.05, 0.1) is 7.11 Å². The average Bonchev–Trinajstić information content (AvgIpc) is 2.92. The molecule has 0 radical (unpaired) electrons. The van der Waals surface area contributed by atoms with E-state index in [0.717, 1.165) is 10.9 Å². The number of rotatable bonds is 3. The van der Waals surface area contributed by atoms with E-state index in [4.69, 9.17) is 9.15 Å². The van der Waals surface area contributed by atoms with E-state index in [-0.39, 0.29) is 0 Å². The van der Waals surface area contributed by atoms with Gasteiger partial charge >= 0.3 is 0 Å². The van der Waals surface area contributed by atoms with Gasteiger partial charge in [-0.15, -0.1) is 0 Å². The van der Waals surface area contributed by atoms with E-state index in [1.807, 2.05) is 54.6 Å². The molecule has 0 bridgehead atoms. The van der Waals surface area contributed by atoms with E-state index < -0.39 is 0 Å². The molecule has 0 aliphatic carbocycles. The predicted octanol–water partition coefficient (Wildman–Crippen LogP) is 3.67. The minimum absolute atomic E-state index is 0.392. The SMILES string of the molecule is COc1cccc2cc(/C(=N/O)c3ccccc3)oc12. The molecule has 100 valence electrons. The summed E-state index contributed by atoms with van der Waals surface area (Å²) in [5, 5.41) is 13.5. The van der Waals surface area contributed by atoms with E-state index in [9.17, 15) is 5.21 Å². The Balaban J connectivity index is 2.14. The Hall–Kier alpha value is -2.75. The Kier molecular flexibility index (Phi) is 3.13. The Morgan fingerprint density at radius 1 is 1.10 bits per heavy atom. The van der Waals surface area contributed by atoms with Crippen LogP contribution in [0.15, 0.2) is 64.2 Å². The van der Waals surface area contributed by atoms with Crippen LogP contribution < -0.4 is 4.74 Å². The van der Waals surface area contributed by atoms with E-state index in [2.05, 4.69) is 5.16 Å². The van der Waals surface area contributed by atoms with Gasteiger partial charge in [0.2, 0.25) is 0 Å². The molecule has 1 aromatic heterocycles. The monoisotopic (exact) mass is 267 g/mol. The highest BCUT2D eigenvalue weighted by Crippen LogP contribution is 2.29. The van der Waals surface area contributed by atoms with Gasteiger partial charge in [0.1, 0.15) is 0 Å². The molecule has 0 amide bonds. The first-order chi connectivity index (χ1) is 9.83. The third kappa shape index (κ3) is 2.01. The number of hydrogen-bond donors (Lipinski definition) is 1. The summed E-state index contributed by atoms with van der Waals surface area (Å²) in [6.45, 7) is 0. The zero-order valence-electron chi connectivity index (χ0n) is 10.9. The summed E-state index contributed by atoms with van der Waals surface area (Å²) in [5.74, 6) is 1.15. The summed E-state index contributed by atoms with van der Waals surface area (Å²) in [6.07, 6.45) is 0. The molecule has 0 spiro atoms. The van der Waals surface area contributed by atoms with Crippen LogP contribution in [0.25, 0.3) is 11.0 Å². The van der Waals surface area contributed by atoms with Gasteiger partial charge in [0.15, 0.2) is 22.8 Å². The molecule has 0 aliphatic heterocycles. The fourth-order valence-corrected chi connectivity index (χ4v) is 2.16. The number of benzene rings is 2. The van der Waals surface area contributed by atoms with Crippen molar-refractivity contribution in [3.63, 3.8) is 0 Å². The van der Waals surface area contributed by atoms with Crippen molar-refractivity contribution in [2.45, 2.75) is 0 Å². The molecule has 2 aromatic carbocycles. The molecular weight excluding hydrogens is 254 g/mol. The highest BCUT2D eigenvalue weighted by atomic mass is 16.5. The molecule has 0 unspecified atom stereocenters. The molecule has 0 fully saturated rings. The van der Waals surface area contributed by atoms with Crippen molar-refractivity contribution >= 4 is 16.7 Å². The molecule has 1 heterocycles. The van der Waals surface area contributed by atoms with E-state index in [0.29, 0.717) is 22.8 Å². The van der Waals surface area contributed by atoms with Gasteiger partial charge in [-0.05, 0) is 12.1 Å². The van der Waals surface area contributed by atoms with Crippen molar-refractivity contribution in [2.75, 3.05) is 7.11 Å². The third-order valence-electron chi connectivity index (χ3n) is 3.11. The van der Waals surface area contributed by atoms with Gasteiger partial charge < -0.3 is 14.4 Å². The molecule has 20 heavy (non-hydrogen) atoms. The Bertz CT molecular complexity index is 760. The van der Waals surface area contributed by atoms with E-state index in [1.54, 1.807) is 7.11 Å². The second-order valence-electron chi connectivity index (χ2n) is 4.30. The Morgan fingerprint density at radius 3 is 2.60 bits per heavy atom. The Labute approximate surface area is 115 Å². The van der Waals surface area contributed by atoms with Gasteiger partial charge in [0.25, 0.3) is 0 Å². The first kappa shape index (κ1) is 12.3. The quantitative estimate of drug-likeness (QED) is 0.447. The van der Waals surface area contributed by atoms with Gasteiger partial charge in [-0.2, -0.15) is 0 Å². The Morgan fingerprint density at radius 2 is 1.90 bits per heavy atom.